The largest absolute Gasteiger partial charge is 0.456 e. The van der Waals surface area contributed by atoms with Gasteiger partial charge in [0.15, 0.2) is 0 Å². The molecule has 7 nitrogen and oxygen atoms in total. The molecule has 0 amide bonds. The number of aryl methyl sites for hydroxylation is 2. The van der Waals surface area contributed by atoms with Crippen LogP contribution < -0.4 is 10.5 Å². The number of aromatic nitrogens is 3. The van der Waals surface area contributed by atoms with E-state index < -0.39 is 6.10 Å². The average molecular weight is 444 g/mol. The van der Waals surface area contributed by atoms with Crippen molar-refractivity contribution in [3.8, 4) is 39.5 Å². The Kier molecular flexibility index (Phi) is 6.23. The molecule has 160 valence electrons. The molecule has 0 saturated heterocycles. The lowest BCUT2D eigenvalue weighted by Gasteiger charge is -2.13. The van der Waals surface area contributed by atoms with Crippen LogP contribution in [-0.2, 0) is 0 Å². The third-order valence-electron chi connectivity index (χ3n) is 4.78. The molecule has 0 spiro atoms. The molecule has 0 bridgehead atoms. The number of benzene rings is 1. The van der Waals surface area contributed by atoms with Crippen LogP contribution in [-0.4, -0.2) is 26.6 Å². The van der Waals surface area contributed by atoms with Gasteiger partial charge in [-0.05, 0) is 38.1 Å². The Hall–Kier alpha value is -3.64. The Morgan fingerprint density at radius 3 is 2.59 bits per heavy atom. The monoisotopic (exact) mass is 443 g/mol. The number of thiazole rings is 1. The number of aliphatic hydroxyl groups is 1. The lowest BCUT2D eigenvalue weighted by molar-refractivity contribution is 0.186. The van der Waals surface area contributed by atoms with E-state index in [2.05, 4.69) is 21.0 Å². The molecule has 0 radical (unpaired) electrons. The minimum absolute atomic E-state index is 0.120. The first kappa shape index (κ1) is 21.6. The lowest BCUT2D eigenvalue weighted by atomic mass is 10.1. The summed E-state index contributed by atoms with van der Waals surface area (Å²) in [5.41, 5.74) is 9.53. The highest BCUT2D eigenvalue weighted by molar-refractivity contribution is 7.14. The van der Waals surface area contributed by atoms with E-state index in [1.807, 2.05) is 32.2 Å². The number of rotatable bonds is 6. The van der Waals surface area contributed by atoms with Gasteiger partial charge in [-0.3, -0.25) is 9.97 Å². The van der Waals surface area contributed by atoms with E-state index in [0.29, 0.717) is 28.3 Å². The van der Waals surface area contributed by atoms with Crippen LogP contribution in [0.15, 0.2) is 54.9 Å². The molecular formula is C24H21N5O2S. The molecule has 8 heteroatoms. The first-order chi connectivity index (χ1) is 15.5. The third kappa shape index (κ3) is 4.65. The number of hydrogen-bond donors (Lipinski definition) is 2. The maximum Gasteiger partial charge on any atom is 0.142 e. The topological polar surface area (TPSA) is 118 Å². The van der Waals surface area contributed by atoms with Gasteiger partial charge in [0.1, 0.15) is 22.2 Å². The van der Waals surface area contributed by atoms with Gasteiger partial charge in [0.05, 0.1) is 23.4 Å². The van der Waals surface area contributed by atoms with Crippen molar-refractivity contribution in [3.05, 3.63) is 76.6 Å². The van der Waals surface area contributed by atoms with Crippen molar-refractivity contribution in [2.75, 3.05) is 6.54 Å². The molecule has 0 aliphatic carbocycles. The van der Waals surface area contributed by atoms with E-state index in [1.165, 1.54) is 0 Å². The number of ether oxygens (including phenoxy) is 1. The molecule has 3 N–H and O–H groups in total. The molecule has 4 rings (SSSR count). The lowest BCUT2D eigenvalue weighted by Crippen LogP contribution is -2.11. The molecule has 1 unspecified atom stereocenters. The van der Waals surface area contributed by atoms with Crippen LogP contribution in [0.25, 0.3) is 22.0 Å². The van der Waals surface area contributed by atoms with Crippen LogP contribution in [0.2, 0.25) is 0 Å². The van der Waals surface area contributed by atoms with Crippen molar-refractivity contribution in [2.45, 2.75) is 20.0 Å². The van der Waals surface area contributed by atoms with Crippen molar-refractivity contribution >= 4 is 11.3 Å². The van der Waals surface area contributed by atoms with Crippen molar-refractivity contribution in [2.24, 2.45) is 5.73 Å². The zero-order valence-corrected chi connectivity index (χ0v) is 18.4. The fraction of sp³-hybridized carbons (Fsp3) is 0.167. The number of aliphatic hydroxyl groups excluding tert-OH is 1. The van der Waals surface area contributed by atoms with Crippen LogP contribution in [0.5, 0.6) is 11.5 Å². The van der Waals surface area contributed by atoms with Crippen LogP contribution in [0.3, 0.4) is 0 Å². The van der Waals surface area contributed by atoms with Gasteiger partial charge >= 0.3 is 0 Å². The maximum atomic E-state index is 9.92. The molecule has 0 aliphatic heterocycles. The minimum atomic E-state index is -0.763. The summed E-state index contributed by atoms with van der Waals surface area (Å²) in [6, 6.07) is 14.6. The molecule has 3 aromatic heterocycles. The van der Waals surface area contributed by atoms with Crippen molar-refractivity contribution in [1.82, 2.24) is 15.0 Å². The van der Waals surface area contributed by atoms with Gasteiger partial charge in [0.2, 0.25) is 0 Å². The van der Waals surface area contributed by atoms with E-state index >= 15 is 0 Å². The van der Waals surface area contributed by atoms with E-state index in [4.69, 9.17) is 10.5 Å². The highest BCUT2D eigenvalue weighted by atomic mass is 32.1. The number of nitrogens with zero attached hydrogens (tertiary/aromatic N) is 4. The van der Waals surface area contributed by atoms with Gasteiger partial charge in [-0.15, -0.1) is 11.3 Å². The summed E-state index contributed by atoms with van der Waals surface area (Å²) in [6.07, 6.45) is 2.64. The smallest absolute Gasteiger partial charge is 0.142 e. The van der Waals surface area contributed by atoms with Gasteiger partial charge < -0.3 is 15.6 Å². The standard InChI is InChI=1S/C24H21N5O2S/c1-14-7-18(9-21(29-14)24-28-12-15(2)32-24)31-23-8-16(10-25)3-5-19(23)20-6-4-17(13-27-20)22(30)11-26/h3-9,12-13,22,30H,11,26H2,1-2H3. The zero-order valence-electron chi connectivity index (χ0n) is 17.6. The van der Waals surface area contributed by atoms with Gasteiger partial charge in [0, 0.05) is 52.8 Å². The second-order valence-electron chi connectivity index (χ2n) is 7.26. The summed E-state index contributed by atoms with van der Waals surface area (Å²) in [6.45, 7) is 4.01. The summed E-state index contributed by atoms with van der Waals surface area (Å²) in [4.78, 5) is 14.6. The Bertz CT molecular complexity index is 1290. The van der Waals surface area contributed by atoms with E-state index in [1.54, 1.807) is 47.9 Å². The number of nitriles is 1. The van der Waals surface area contributed by atoms with Crippen LogP contribution in [0, 0.1) is 25.2 Å². The van der Waals surface area contributed by atoms with Gasteiger partial charge in [0.25, 0.3) is 0 Å². The molecule has 32 heavy (non-hydrogen) atoms. The van der Waals surface area contributed by atoms with Gasteiger partial charge in [-0.25, -0.2) is 4.98 Å². The Morgan fingerprint density at radius 2 is 1.94 bits per heavy atom. The summed E-state index contributed by atoms with van der Waals surface area (Å²) in [7, 11) is 0. The number of pyridine rings is 2. The fourth-order valence-corrected chi connectivity index (χ4v) is 3.92. The normalized spacial score (nSPS) is 11.7. The second-order valence-corrected chi connectivity index (χ2v) is 8.49. The van der Waals surface area contributed by atoms with E-state index in [0.717, 1.165) is 26.8 Å². The van der Waals surface area contributed by atoms with Crippen LogP contribution >= 0.6 is 11.3 Å². The molecule has 0 aliphatic rings. The number of nitrogens with two attached hydrogens (primary N) is 1. The van der Waals surface area contributed by atoms with Crippen molar-refractivity contribution in [1.29, 1.82) is 5.26 Å². The zero-order chi connectivity index (χ0) is 22.7. The van der Waals surface area contributed by atoms with E-state index in [-0.39, 0.29) is 6.54 Å². The highest BCUT2D eigenvalue weighted by Crippen LogP contribution is 2.35. The van der Waals surface area contributed by atoms with E-state index in [9.17, 15) is 10.4 Å². The fourth-order valence-electron chi connectivity index (χ4n) is 3.19. The Morgan fingerprint density at radius 1 is 1.09 bits per heavy atom. The molecule has 0 saturated carbocycles. The third-order valence-corrected chi connectivity index (χ3v) is 5.71. The van der Waals surface area contributed by atoms with Crippen LogP contribution in [0.4, 0.5) is 0 Å². The highest BCUT2D eigenvalue weighted by Gasteiger charge is 2.14. The maximum absolute atomic E-state index is 9.92. The molecule has 3 heterocycles. The molecule has 0 fully saturated rings. The SMILES string of the molecule is Cc1cc(Oc2cc(C#N)ccc2-c2ccc(C(O)CN)cn2)cc(-c2ncc(C)s2)n1. The number of hydrogen-bond acceptors (Lipinski definition) is 8. The van der Waals surface area contributed by atoms with Gasteiger partial charge in [-0.1, -0.05) is 6.07 Å². The quantitative estimate of drug-likeness (QED) is 0.449. The van der Waals surface area contributed by atoms with Crippen molar-refractivity contribution in [3.63, 3.8) is 0 Å². The predicted molar refractivity (Wildman–Crippen MR) is 123 cm³/mol. The van der Waals surface area contributed by atoms with Gasteiger partial charge in [-0.2, -0.15) is 5.26 Å². The molecular weight excluding hydrogens is 422 g/mol. The summed E-state index contributed by atoms with van der Waals surface area (Å²) >= 11 is 1.56. The first-order valence-corrected chi connectivity index (χ1v) is 10.8. The molecule has 1 aromatic carbocycles. The Balaban J connectivity index is 1.73. The average Bonchev–Trinajstić information content (AvgIpc) is 3.24. The second kappa shape index (κ2) is 9.24. The minimum Gasteiger partial charge on any atom is -0.456 e. The van der Waals surface area contributed by atoms with Crippen LogP contribution in [0.1, 0.15) is 27.8 Å². The first-order valence-electron chi connectivity index (χ1n) is 9.95. The van der Waals surface area contributed by atoms with Crippen molar-refractivity contribution < 1.29 is 9.84 Å². The molecule has 4 aromatic rings. The molecule has 1 atom stereocenters. The Labute approximate surface area is 189 Å². The summed E-state index contributed by atoms with van der Waals surface area (Å²) in [5, 5.41) is 20.1. The summed E-state index contributed by atoms with van der Waals surface area (Å²) in [5.74, 6) is 1.09. The summed E-state index contributed by atoms with van der Waals surface area (Å²) < 4.78 is 6.23. The predicted octanol–water partition coefficient (Wildman–Crippen LogP) is 4.54.